The minimum Gasteiger partial charge on any atom is -0.371 e. The summed E-state index contributed by atoms with van der Waals surface area (Å²) in [7, 11) is 0. The summed E-state index contributed by atoms with van der Waals surface area (Å²) in [5.41, 5.74) is 3.26. The molecule has 0 saturated carbocycles. The Kier molecular flexibility index (Phi) is 7.08. The van der Waals surface area contributed by atoms with Gasteiger partial charge in [-0.1, -0.05) is 45.0 Å². The van der Waals surface area contributed by atoms with Crippen molar-refractivity contribution in [1.29, 1.82) is 0 Å². The van der Waals surface area contributed by atoms with Crippen LogP contribution < -0.4 is 5.32 Å². The zero-order valence-electron chi connectivity index (χ0n) is 18.3. The smallest absolute Gasteiger partial charge is 0.225 e. The fraction of sp³-hybridized carbons (Fsp3) is 0.417. The third-order valence-electron chi connectivity index (χ3n) is 5.49. The molecule has 1 aromatic rings. The van der Waals surface area contributed by atoms with Crippen molar-refractivity contribution in [1.82, 2.24) is 15.1 Å². The lowest BCUT2D eigenvalue weighted by molar-refractivity contribution is -0.135. The number of aliphatic imine (C=N–C) groups is 1. The summed E-state index contributed by atoms with van der Waals surface area (Å²) in [5.74, 6) is 0.661. The summed E-state index contributed by atoms with van der Waals surface area (Å²) >= 11 is 0. The Bertz CT molecular complexity index is 906. The van der Waals surface area contributed by atoms with Gasteiger partial charge in [0.2, 0.25) is 5.91 Å². The van der Waals surface area contributed by atoms with Gasteiger partial charge in [0.05, 0.1) is 0 Å². The molecular formula is C24H31FN4O. The molecule has 6 heteroatoms. The van der Waals surface area contributed by atoms with Gasteiger partial charge in [0, 0.05) is 60.7 Å². The second-order valence-corrected chi connectivity index (χ2v) is 7.88. The van der Waals surface area contributed by atoms with Gasteiger partial charge >= 0.3 is 0 Å². The van der Waals surface area contributed by atoms with E-state index >= 15 is 0 Å². The minimum absolute atomic E-state index is 0.00899. The van der Waals surface area contributed by atoms with Gasteiger partial charge in [-0.2, -0.15) is 0 Å². The first kappa shape index (κ1) is 21.8. The number of carbonyl (C=O) groups is 1. The SMILES string of the molecule is CC/C=C/NC1=NC=C(c2ccccc2F)/C1=C(/C)N1CCN(C(=O)C(C)C)CC1. The van der Waals surface area contributed by atoms with E-state index in [2.05, 4.69) is 29.1 Å². The van der Waals surface area contributed by atoms with Crippen LogP contribution in [0.4, 0.5) is 4.39 Å². The molecule has 1 N–H and O–H groups in total. The summed E-state index contributed by atoms with van der Waals surface area (Å²) in [6.45, 7) is 10.9. The number of allylic oxidation sites excluding steroid dienone is 2. The molecule has 2 aliphatic rings. The minimum atomic E-state index is -0.262. The first-order valence-electron chi connectivity index (χ1n) is 10.6. The molecular weight excluding hydrogens is 379 g/mol. The molecule has 0 aromatic heterocycles. The van der Waals surface area contributed by atoms with Crippen LogP contribution in [0.2, 0.25) is 0 Å². The van der Waals surface area contributed by atoms with Crippen LogP contribution in [0, 0.1) is 11.7 Å². The second-order valence-electron chi connectivity index (χ2n) is 7.88. The molecule has 3 rings (SSSR count). The van der Waals surface area contributed by atoms with E-state index in [1.807, 2.05) is 37.1 Å². The Labute approximate surface area is 178 Å². The average Bonchev–Trinajstić information content (AvgIpc) is 3.17. The first-order chi connectivity index (χ1) is 14.4. The Morgan fingerprint density at radius 3 is 2.50 bits per heavy atom. The molecule has 1 fully saturated rings. The number of nitrogens with one attached hydrogen (secondary N) is 1. The van der Waals surface area contributed by atoms with Crippen molar-refractivity contribution >= 4 is 17.3 Å². The van der Waals surface area contributed by atoms with Crippen LogP contribution in [0.5, 0.6) is 0 Å². The molecule has 30 heavy (non-hydrogen) atoms. The summed E-state index contributed by atoms with van der Waals surface area (Å²) in [4.78, 5) is 21.1. The summed E-state index contributed by atoms with van der Waals surface area (Å²) in [5, 5.41) is 3.26. The van der Waals surface area contributed by atoms with E-state index in [0.717, 1.165) is 42.2 Å². The van der Waals surface area contributed by atoms with Crippen molar-refractivity contribution in [3.63, 3.8) is 0 Å². The van der Waals surface area contributed by atoms with Crippen LogP contribution in [0.1, 0.15) is 39.7 Å². The Morgan fingerprint density at radius 2 is 1.87 bits per heavy atom. The van der Waals surface area contributed by atoms with Gasteiger partial charge in [0.1, 0.15) is 11.7 Å². The third kappa shape index (κ3) is 4.64. The van der Waals surface area contributed by atoms with Crippen molar-refractivity contribution in [3.05, 3.63) is 65.4 Å². The van der Waals surface area contributed by atoms with E-state index in [9.17, 15) is 9.18 Å². The number of hydrogen-bond donors (Lipinski definition) is 1. The topological polar surface area (TPSA) is 47.9 Å². The van der Waals surface area contributed by atoms with Gasteiger partial charge in [-0.05, 0) is 25.6 Å². The zero-order valence-corrected chi connectivity index (χ0v) is 18.3. The maximum Gasteiger partial charge on any atom is 0.225 e. The number of piperazine rings is 1. The molecule has 0 aliphatic carbocycles. The van der Waals surface area contributed by atoms with E-state index in [4.69, 9.17) is 0 Å². The molecule has 1 saturated heterocycles. The lowest BCUT2D eigenvalue weighted by atomic mass is 9.96. The van der Waals surface area contributed by atoms with Crippen molar-refractivity contribution in [2.24, 2.45) is 10.9 Å². The lowest BCUT2D eigenvalue weighted by Crippen LogP contribution is -2.49. The van der Waals surface area contributed by atoms with Crippen LogP contribution in [0.15, 0.2) is 59.0 Å². The molecule has 0 atom stereocenters. The summed E-state index contributed by atoms with van der Waals surface area (Å²) in [6.07, 6.45) is 6.55. The molecule has 2 aliphatic heterocycles. The number of halogens is 1. The van der Waals surface area contributed by atoms with E-state index in [1.54, 1.807) is 18.3 Å². The van der Waals surface area contributed by atoms with Gasteiger partial charge in [-0.15, -0.1) is 0 Å². The number of carbonyl (C=O) groups excluding carboxylic acids is 1. The van der Waals surface area contributed by atoms with Crippen LogP contribution in [0.3, 0.4) is 0 Å². The number of amides is 1. The zero-order chi connectivity index (χ0) is 21.7. The molecule has 5 nitrogen and oxygen atoms in total. The highest BCUT2D eigenvalue weighted by molar-refractivity contribution is 6.16. The van der Waals surface area contributed by atoms with Gasteiger partial charge in [0.25, 0.3) is 0 Å². The quantitative estimate of drug-likeness (QED) is 0.793. The third-order valence-corrected chi connectivity index (χ3v) is 5.49. The molecule has 0 unspecified atom stereocenters. The second kappa shape index (κ2) is 9.74. The van der Waals surface area contributed by atoms with E-state index in [-0.39, 0.29) is 17.6 Å². The molecule has 160 valence electrons. The molecule has 2 heterocycles. The first-order valence-corrected chi connectivity index (χ1v) is 10.6. The fourth-order valence-corrected chi connectivity index (χ4v) is 3.79. The van der Waals surface area contributed by atoms with Gasteiger partial charge in [-0.25, -0.2) is 9.38 Å². The Morgan fingerprint density at radius 1 is 1.20 bits per heavy atom. The lowest BCUT2D eigenvalue weighted by Gasteiger charge is -2.38. The summed E-state index contributed by atoms with van der Waals surface area (Å²) in [6, 6.07) is 6.79. The van der Waals surface area contributed by atoms with Crippen molar-refractivity contribution < 1.29 is 9.18 Å². The summed E-state index contributed by atoms with van der Waals surface area (Å²) < 4.78 is 14.6. The number of hydrogen-bond acceptors (Lipinski definition) is 4. The molecule has 0 spiro atoms. The average molecular weight is 411 g/mol. The van der Waals surface area contributed by atoms with Crippen LogP contribution >= 0.6 is 0 Å². The predicted octanol–water partition coefficient (Wildman–Crippen LogP) is 4.17. The Balaban J connectivity index is 1.88. The van der Waals surface area contributed by atoms with Gasteiger partial charge in [0.15, 0.2) is 0 Å². The van der Waals surface area contributed by atoms with Crippen LogP contribution in [-0.2, 0) is 4.79 Å². The highest BCUT2D eigenvalue weighted by atomic mass is 19.1. The van der Waals surface area contributed by atoms with Crippen LogP contribution in [0.25, 0.3) is 5.57 Å². The molecule has 0 bridgehead atoms. The maximum absolute atomic E-state index is 14.6. The Hall–Kier alpha value is -2.89. The molecule has 0 radical (unpaired) electrons. The van der Waals surface area contributed by atoms with E-state index in [1.165, 1.54) is 6.07 Å². The maximum atomic E-state index is 14.6. The molecule has 1 amide bonds. The van der Waals surface area contributed by atoms with Crippen molar-refractivity contribution in [2.75, 3.05) is 26.2 Å². The highest BCUT2D eigenvalue weighted by Crippen LogP contribution is 2.33. The van der Waals surface area contributed by atoms with E-state index in [0.29, 0.717) is 18.7 Å². The standard InChI is InChI=1S/C24H31FN4O/c1-5-6-11-26-23-22(20(16-27-23)19-9-7-8-10-21(19)25)18(4)28-12-14-29(15-13-28)24(30)17(2)3/h6-11,16-17H,5,12-15H2,1-4H3,(H,26,27)/b11-6+,22-18+. The number of nitrogens with zero attached hydrogens (tertiary/aromatic N) is 3. The van der Waals surface area contributed by atoms with E-state index < -0.39 is 0 Å². The van der Waals surface area contributed by atoms with Gasteiger partial charge in [-0.3, -0.25) is 4.79 Å². The number of benzene rings is 1. The largest absolute Gasteiger partial charge is 0.371 e. The molecule has 1 aromatic carbocycles. The van der Waals surface area contributed by atoms with Gasteiger partial charge < -0.3 is 15.1 Å². The predicted molar refractivity (Wildman–Crippen MR) is 120 cm³/mol. The number of amidine groups is 1. The highest BCUT2D eigenvalue weighted by Gasteiger charge is 2.28. The van der Waals surface area contributed by atoms with Crippen molar-refractivity contribution in [3.8, 4) is 0 Å². The van der Waals surface area contributed by atoms with Crippen LogP contribution in [-0.4, -0.2) is 47.7 Å². The van der Waals surface area contributed by atoms with Crippen molar-refractivity contribution in [2.45, 2.75) is 34.1 Å². The fourth-order valence-electron chi connectivity index (χ4n) is 3.79. The monoisotopic (exact) mass is 410 g/mol. The normalized spacial score (nSPS) is 18.7. The number of rotatable bonds is 5.